The van der Waals surface area contributed by atoms with E-state index < -0.39 is 0 Å². The van der Waals surface area contributed by atoms with Crippen molar-refractivity contribution in [1.29, 1.82) is 0 Å². The highest BCUT2D eigenvalue weighted by molar-refractivity contribution is 6.37. The first kappa shape index (κ1) is 16.2. The Kier molecular flexibility index (Phi) is 4.57. The van der Waals surface area contributed by atoms with Crippen molar-refractivity contribution in [1.82, 2.24) is 20.1 Å². The van der Waals surface area contributed by atoms with Crippen LogP contribution in [0.2, 0.25) is 10.0 Å². The Morgan fingerprint density at radius 2 is 2.09 bits per heavy atom. The normalized spacial score (nSPS) is 15.5. The van der Waals surface area contributed by atoms with Gasteiger partial charge in [-0.15, -0.1) is 5.10 Å². The molecule has 0 aliphatic heterocycles. The van der Waals surface area contributed by atoms with Gasteiger partial charge < -0.3 is 11.1 Å². The van der Waals surface area contributed by atoms with Crippen LogP contribution in [-0.2, 0) is 0 Å². The summed E-state index contributed by atoms with van der Waals surface area (Å²) in [6.07, 6.45) is 2.27. The fourth-order valence-electron chi connectivity index (χ4n) is 2.37. The smallest absolute Gasteiger partial charge is 0.291 e. The van der Waals surface area contributed by atoms with Gasteiger partial charge in [-0.3, -0.25) is 4.79 Å². The number of nitrogens with two attached hydrogens (primary N) is 1. The zero-order valence-electron chi connectivity index (χ0n) is 12.6. The van der Waals surface area contributed by atoms with Crippen LogP contribution in [0.3, 0.4) is 0 Å². The zero-order chi connectivity index (χ0) is 16.6. The number of halogens is 2. The van der Waals surface area contributed by atoms with Crippen LogP contribution in [0.1, 0.15) is 29.3 Å². The van der Waals surface area contributed by atoms with Crippen molar-refractivity contribution in [3.63, 3.8) is 0 Å². The molecular formula is C15H17Cl2N5O. The number of carbonyl (C=O) groups excluding carboxylic acids is 1. The fraction of sp³-hybridized carbons (Fsp3) is 0.400. The number of carbonyl (C=O) groups is 1. The van der Waals surface area contributed by atoms with E-state index in [0.717, 1.165) is 12.8 Å². The number of aromatic nitrogens is 3. The van der Waals surface area contributed by atoms with Gasteiger partial charge in [-0.2, -0.15) is 0 Å². The molecule has 8 heteroatoms. The number of nitrogens with zero attached hydrogens (tertiary/aromatic N) is 3. The number of benzene rings is 1. The molecule has 1 aromatic heterocycles. The van der Waals surface area contributed by atoms with Crippen molar-refractivity contribution in [2.75, 3.05) is 6.54 Å². The number of rotatable bonds is 5. The number of hydrogen-bond acceptors (Lipinski definition) is 4. The third-order valence-corrected chi connectivity index (χ3v) is 4.46. The van der Waals surface area contributed by atoms with E-state index in [2.05, 4.69) is 15.4 Å². The third kappa shape index (κ3) is 3.49. The number of hydrogen-bond donors (Lipinski definition) is 2. The third-order valence-electron chi connectivity index (χ3n) is 3.85. The molecule has 0 bridgehead atoms. The van der Waals surface area contributed by atoms with Crippen LogP contribution >= 0.6 is 23.2 Å². The van der Waals surface area contributed by atoms with E-state index in [9.17, 15) is 4.79 Å². The van der Waals surface area contributed by atoms with Crippen LogP contribution in [0.25, 0.3) is 5.69 Å². The minimum atomic E-state index is -0.355. The van der Waals surface area contributed by atoms with Gasteiger partial charge in [0.15, 0.2) is 0 Å². The lowest BCUT2D eigenvalue weighted by Crippen LogP contribution is -2.38. The highest BCUT2D eigenvalue weighted by atomic mass is 35.5. The lowest BCUT2D eigenvalue weighted by molar-refractivity contribution is 0.0940. The molecule has 122 valence electrons. The lowest BCUT2D eigenvalue weighted by atomic mass is 10.2. The molecule has 1 heterocycles. The first-order valence-corrected chi connectivity index (χ1v) is 8.15. The summed E-state index contributed by atoms with van der Waals surface area (Å²) in [5.74, 6) is 0.758. The van der Waals surface area contributed by atoms with E-state index in [4.69, 9.17) is 28.9 Å². The minimum absolute atomic E-state index is 0.0138. The molecule has 1 amide bonds. The monoisotopic (exact) mass is 353 g/mol. The van der Waals surface area contributed by atoms with Crippen molar-refractivity contribution in [2.24, 2.45) is 11.7 Å². The Balaban J connectivity index is 1.79. The van der Waals surface area contributed by atoms with Crippen molar-refractivity contribution in [3.05, 3.63) is 39.9 Å². The summed E-state index contributed by atoms with van der Waals surface area (Å²) in [5.41, 5.74) is 6.48. The van der Waals surface area contributed by atoms with Crippen LogP contribution < -0.4 is 11.1 Å². The van der Waals surface area contributed by atoms with Crippen LogP contribution in [0, 0.1) is 12.8 Å². The van der Waals surface area contributed by atoms with E-state index in [-0.39, 0.29) is 17.8 Å². The predicted octanol–water partition coefficient (Wildman–Crippen LogP) is 2.35. The molecule has 1 saturated carbocycles. The van der Waals surface area contributed by atoms with Crippen molar-refractivity contribution < 1.29 is 4.79 Å². The first-order chi connectivity index (χ1) is 11.0. The van der Waals surface area contributed by atoms with Gasteiger partial charge in [-0.05, 0) is 37.8 Å². The fourth-order valence-corrected chi connectivity index (χ4v) is 2.93. The average Bonchev–Trinajstić information content (AvgIpc) is 3.29. The summed E-state index contributed by atoms with van der Waals surface area (Å²) >= 11 is 12.4. The molecule has 6 nitrogen and oxygen atoms in total. The summed E-state index contributed by atoms with van der Waals surface area (Å²) in [6, 6.07) is 5.14. The number of nitrogens with one attached hydrogen (secondary N) is 1. The largest absolute Gasteiger partial charge is 0.348 e. The van der Waals surface area contributed by atoms with Gasteiger partial charge >= 0.3 is 0 Å². The molecule has 0 radical (unpaired) electrons. The quantitative estimate of drug-likeness (QED) is 0.863. The highest BCUT2D eigenvalue weighted by Crippen LogP contribution is 2.31. The summed E-state index contributed by atoms with van der Waals surface area (Å²) in [7, 11) is 0. The molecule has 1 unspecified atom stereocenters. The van der Waals surface area contributed by atoms with Crippen LogP contribution in [-0.4, -0.2) is 33.3 Å². The number of amides is 1. The topological polar surface area (TPSA) is 85.8 Å². The Bertz CT molecular complexity index is 721. The van der Waals surface area contributed by atoms with Crippen LogP contribution in [0.4, 0.5) is 0 Å². The van der Waals surface area contributed by atoms with Crippen molar-refractivity contribution >= 4 is 29.1 Å². The number of aryl methyl sites for hydroxylation is 1. The van der Waals surface area contributed by atoms with Gasteiger partial charge in [0.1, 0.15) is 11.5 Å². The molecule has 0 saturated heterocycles. The molecule has 1 fully saturated rings. The zero-order valence-corrected chi connectivity index (χ0v) is 14.1. The number of para-hydroxylation sites is 1. The van der Waals surface area contributed by atoms with Gasteiger partial charge in [-0.25, -0.2) is 9.67 Å². The average molecular weight is 354 g/mol. The molecule has 1 aromatic carbocycles. The van der Waals surface area contributed by atoms with E-state index in [1.807, 2.05) is 0 Å². The first-order valence-electron chi connectivity index (χ1n) is 7.39. The highest BCUT2D eigenvalue weighted by Gasteiger charge is 2.29. The standard InChI is InChI=1S/C15H17Cl2N5O/c1-8-20-14(15(23)19-7-12(18)9-5-6-9)21-22(8)13-10(16)3-2-4-11(13)17/h2-4,9,12H,5-7,18H2,1H3,(H,19,23). The SMILES string of the molecule is Cc1nc(C(=O)NCC(N)C2CC2)nn1-c1c(Cl)cccc1Cl. The molecular weight excluding hydrogens is 337 g/mol. The maximum atomic E-state index is 12.2. The molecule has 2 aromatic rings. The summed E-state index contributed by atoms with van der Waals surface area (Å²) in [6.45, 7) is 2.16. The van der Waals surface area contributed by atoms with E-state index in [1.165, 1.54) is 4.68 Å². The minimum Gasteiger partial charge on any atom is -0.348 e. The second kappa shape index (κ2) is 6.47. The summed E-state index contributed by atoms with van der Waals surface area (Å²) in [4.78, 5) is 16.4. The molecule has 0 spiro atoms. The summed E-state index contributed by atoms with van der Waals surface area (Å²) in [5, 5.41) is 7.87. The molecule has 3 rings (SSSR count). The molecule has 1 atom stereocenters. The predicted molar refractivity (Wildman–Crippen MR) is 89.1 cm³/mol. The maximum absolute atomic E-state index is 12.2. The Labute approximate surface area is 144 Å². The molecule has 1 aliphatic rings. The Morgan fingerprint density at radius 1 is 1.43 bits per heavy atom. The second-order valence-corrected chi connectivity index (χ2v) is 6.49. The molecule has 3 N–H and O–H groups in total. The van der Waals surface area contributed by atoms with Gasteiger partial charge in [-0.1, -0.05) is 29.3 Å². The second-order valence-electron chi connectivity index (χ2n) is 5.68. The molecule has 1 aliphatic carbocycles. The van der Waals surface area contributed by atoms with Crippen LogP contribution in [0.5, 0.6) is 0 Å². The van der Waals surface area contributed by atoms with Gasteiger partial charge in [0.25, 0.3) is 5.91 Å². The summed E-state index contributed by atoms with van der Waals surface area (Å²) < 4.78 is 1.47. The van der Waals surface area contributed by atoms with Gasteiger partial charge in [0.2, 0.25) is 5.82 Å². The maximum Gasteiger partial charge on any atom is 0.291 e. The van der Waals surface area contributed by atoms with Crippen LogP contribution in [0.15, 0.2) is 18.2 Å². The van der Waals surface area contributed by atoms with E-state index >= 15 is 0 Å². The van der Waals surface area contributed by atoms with Crippen molar-refractivity contribution in [2.45, 2.75) is 25.8 Å². The van der Waals surface area contributed by atoms with Crippen molar-refractivity contribution in [3.8, 4) is 5.69 Å². The Morgan fingerprint density at radius 3 is 2.70 bits per heavy atom. The Hall–Kier alpha value is -1.63. The molecule has 23 heavy (non-hydrogen) atoms. The van der Waals surface area contributed by atoms with Gasteiger partial charge in [0, 0.05) is 12.6 Å². The van der Waals surface area contributed by atoms with E-state index in [1.54, 1.807) is 25.1 Å². The van der Waals surface area contributed by atoms with Gasteiger partial charge in [0.05, 0.1) is 10.0 Å². The van der Waals surface area contributed by atoms with E-state index in [0.29, 0.717) is 34.0 Å². The lowest BCUT2D eigenvalue weighted by Gasteiger charge is -2.10.